The second-order valence-electron chi connectivity index (χ2n) is 8.07. The monoisotopic (exact) mass is 498 g/mol. The Morgan fingerprint density at radius 3 is 2.46 bits per heavy atom. The number of pyridine rings is 1. The van der Waals surface area contributed by atoms with Gasteiger partial charge in [0.25, 0.3) is 5.91 Å². The molecule has 0 saturated heterocycles. The molecule has 0 fully saturated rings. The Hall–Kier alpha value is -3.53. The van der Waals surface area contributed by atoms with Crippen molar-refractivity contribution in [3.8, 4) is 0 Å². The topological polar surface area (TPSA) is 157 Å². The van der Waals surface area contributed by atoms with Crippen LogP contribution in [0.3, 0.4) is 0 Å². The summed E-state index contributed by atoms with van der Waals surface area (Å²) in [6.45, 7) is 0.462. The summed E-state index contributed by atoms with van der Waals surface area (Å²) in [6, 6.07) is 12.2. The number of nitrogens with one attached hydrogen (secondary N) is 2. The number of ether oxygens (including phenoxy) is 1. The maximum atomic E-state index is 13.0. The standard InChI is InChI=1S/C25H27ClN4O5/c26-17-10-8-15(9-11-17)23(32)30-21(25(34)35-24(33)19(28)6-3-4-12-27)13-16-14-22(31)29-20-7-2-1-5-18(16)20/h1-2,5,7-11,14,19,21H,3-4,6,12-13,27-28H2,(H,29,31)(H,30,32)/t19-,21?/m0/s1. The highest BCUT2D eigenvalue weighted by atomic mass is 35.5. The fourth-order valence-electron chi connectivity index (χ4n) is 3.57. The van der Waals surface area contributed by atoms with Crippen LogP contribution in [0.5, 0.6) is 0 Å². The van der Waals surface area contributed by atoms with E-state index in [4.69, 9.17) is 27.8 Å². The molecule has 2 atom stereocenters. The first kappa shape index (κ1) is 26.1. The van der Waals surface area contributed by atoms with E-state index in [0.717, 1.165) is 0 Å². The number of nitrogens with two attached hydrogens (primary N) is 2. The van der Waals surface area contributed by atoms with Gasteiger partial charge in [-0.3, -0.25) is 9.59 Å². The van der Waals surface area contributed by atoms with Crippen molar-refractivity contribution in [1.29, 1.82) is 0 Å². The lowest BCUT2D eigenvalue weighted by atomic mass is 10.0. The number of esters is 2. The van der Waals surface area contributed by atoms with Crippen molar-refractivity contribution in [2.45, 2.75) is 37.8 Å². The fourth-order valence-corrected chi connectivity index (χ4v) is 3.70. The minimum absolute atomic E-state index is 0.0850. The van der Waals surface area contributed by atoms with Gasteiger partial charge in [-0.1, -0.05) is 36.2 Å². The van der Waals surface area contributed by atoms with Gasteiger partial charge in [0.15, 0.2) is 0 Å². The summed E-state index contributed by atoms with van der Waals surface area (Å²) in [7, 11) is 0. The Balaban J connectivity index is 1.85. The molecule has 3 rings (SSSR count). The molecule has 1 heterocycles. The van der Waals surface area contributed by atoms with Gasteiger partial charge in [-0.25, -0.2) is 9.59 Å². The number of rotatable bonds is 10. The number of amides is 1. The molecule has 0 radical (unpaired) electrons. The Morgan fingerprint density at radius 1 is 1.03 bits per heavy atom. The van der Waals surface area contributed by atoms with E-state index in [1.807, 2.05) is 0 Å². The molecule has 3 aromatic rings. The zero-order chi connectivity index (χ0) is 25.4. The molecule has 0 spiro atoms. The van der Waals surface area contributed by atoms with Crippen molar-refractivity contribution < 1.29 is 19.1 Å². The third-order valence-electron chi connectivity index (χ3n) is 5.43. The summed E-state index contributed by atoms with van der Waals surface area (Å²) < 4.78 is 5.02. The third kappa shape index (κ3) is 7.22. The molecule has 1 amide bonds. The van der Waals surface area contributed by atoms with Crippen LogP contribution in [0, 0.1) is 0 Å². The second-order valence-corrected chi connectivity index (χ2v) is 8.51. The van der Waals surface area contributed by atoms with E-state index < -0.39 is 29.9 Å². The van der Waals surface area contributed by atoms with E-state index in [0.29, 0.717) is 47.3 Å². The molecule has 0 aliphatic carbocycles. The van der Waals surface area contributed by atoms with Gasteiger partial charge in [-0.15, -0.1) is 0 Å². The molecule has 184 valence electrons. The molecular weight excluding hydrogens is 472 g/mol. The number of hydrogen-bond acceptors (Lipinski definition) is 7. The second kappa shape index (κ2) is 12.3. The van der Waals surface area contributed by atoms with Crippen LogP contribution in [0.1, 0.15) is 35.2 Å². The third-order valence-corrected chi connectivity index (χ3v) is 5.68. The summed E-state index contributed by atoms with van der Waals surface area (Å²) >= 11 is 5.89. The number of unbranched alkanes of at least 4 members (excludes halogenated alkanes) is 1. The van der Waals surface area contributed by atoms with Crippen LogP contribution in [-0.2, 0) is 20.7 Å². The average Bonchev–Trinajstić information content (AvgIpc) is 2.83. The lowest BCUT2D eigenvalue weighted by Crippen LogP contribution is -2.46. The van der Waals surface area contributed by atoms with Crippen LogP contribution >= 0.6 is 11.6 Å². The Kier molecular flexibility index (Phi) is 9.13. The van der Waals surface area contributed by atoms with Gasteiger partial charge in [0.05, 0.1) is 0 Å². The van der Waals surface area contributed by atoms with Gasteiger partial charge in [0.1, 0.15) is 12.1 Å². The molecule has 6 N–H and O–H groups in total. The molecular formula is C25H27ClN4O5. The van der Waals surface area contributed by atoms with Crippen LogP contribution < -0.4 is 22.3 Å². The quantitative estimate of drug-likeness (QED) is 0.189. The minimum Gasteiger partial charge on any atom is -0.390 e. The van der Waals surface area contributed by atoms with E-state index in [1.54, 1.807) is 24.3 Å². The highest BCUT2D eigenvalue weighted by Gasteiger charge is 2.28. The number of carbonyl (C=O) groups is 3. The Labute approximate surface area is 206 Å². The average molecular weight is 499 g/mol. The maximum Gasteiger partial charge on any atom is 0.336 e. The maximum absolute atomic E-state index is 13.0. The number of H-pyrrole nitrogens is 1. The summed E-state index contributed by atoms with van der Waals surface area (Å²) in [6.07, 6.45) is 1.52. The van der Waals surface area contributed by atoms with E-state index in [1.165, 1.54) is 30.3 Å². The number of halogens is 1. The summed E-state index contributed by atoms with van der Waals surface area (Å²) in [4.78, 5) is 53.1. The first-order valence-corrected chi connectivity index (χ1v) is 11.5. The summed E-state index contributed by atoms with van der Waals surface area (Å²) in [5.41, 5.74) is 12.3. The van der Waals surface area contributed by atoms with E-state index in [2.05, 4.69) is 10.3 Å². The molecule has 0 aliphatic rings. The molecule has 9 nitrogen and oxygen atoms in total. The Bertz CT molecular complexity index is 1260. The van der Waals surface area contributed by atoms with Gasteiger partial charge in [0.2, 0.25) is 5.56 Å². The number of fused-ring (bicyclic) bond motifs is 1. The summed E-state index contributed by atoms with van der Waals surface area (Å²) in [5, 5.41) is 3.74. The SMILES string of the molecule is NCCCC[C@H](N)C(=O)OC(=O)C(Cc1cc(=O)[nH]c2ccccc12)NC(=O)c1ccc(Cl)cc1. The molecule has 2 aromatic carbocycles. The highest BCUT2D eigenvalue weighted by molar-refractivity contribution is 6.30. The van der Waals surface area contributed by atoms with Crippen molar-refractivity contribution in [3.63, 3.8) is 0 Å². The minimum atomic E-state index is -1.26. The number of benzene rings is 2. The zero-order valence-electron chi connectivity index (χ0n) is 19.0. The van der Waals surface area contributed by atoms with Crippen LogP contribution in [0.15, 0.2) is 59.4 Å². The Morgan fingerprint density at radius 2 is 1.74 bits per heavy atom. The van der Waals surface area contributed by atoms with Crippen molar-refractivity contribution >= 4 is 40.3 Å². The normalized spacial score (nSPS) is 12.7. The van der Waals surface area contributed by atoms with Crippen LogP contribution in [0.25, 0.3) is 10.9 Å². The van der Waals surface area contributed by atoms with Crippen molar-refractivity contribution in [1.82, 2.24) is 10.3 Å². The van der Waals surface area contributed by atoms with E-state index in [9.17, 15) is 19.2 Å². The van der Waals surface area contributed by atoms with Crippen LogP contribution in [0.4, 0.5) is 0 Å². The molecule has 0 bridgehead atoms. The molecule has 1 unspecified atom stereocenters. The fraction of sp³-hybridized carbons (Fsp3) is 0.280. The smallest absolute Gasteiger partial charge is 0.336 e. The highest BCUT2D eigenvalue weighted by Crippen LogP contribution is 2.17. The van der Waals surface area contributed by atoms with Crippen molar-refractivity contribution in [2.75, 3.05) is 6.54 Å². The number of aromatic amines is 1. The van der Waals surface area contributed by atoms with E-state index in [-0.39, 0.29) is 17.5 Å². The predicted molar refractivity (Wildman–Crippen MR) is 133 cm³/mol. The lowest BCUT2D eigenvalue weighted by molar-refractivity contribution is -0.162. The number of carbonyl (C=O) groups excluding carboxylic acids is 3. The molecule has 35 heavy (non-hydrogen) atoms. The van der Waals surface area contributed by atoms with Crippen LogP contribution in [0.2, 0.25) is 5.02 Å². The molecule has 10 heteroatoms. The van der Waals surface area contributed by atoms with E-state index >= 15 is 0 Å². The largest absolute Gasteiger partial charge is 0.390 e. The van der Waals surface area contributed by atoms with Gasteiger partial charge in [-0.05, 0) is 55.3 Å². The van der Waals surface area contributed by atoms with Crippen LogP contribution in [-0.4, -0.2) is 41.5 Å². The van der Waals surface area contributed by atoms with Gasteiger partial charge in [-0.2, -0.15) is 0 Å². The van der Waals surface area contributed by atoms with Gasteiger partial charge < -0.3 is 26.5 Å². The summed E-state index contributed by atoms with van der Waals surface area (Å²) in [5.74, 6) is -2.44. The number of para-hydroxylation sites is 1. The first-order chi connectivity index (χ1) is 16.8. The lowest BCUT2D eigenvalue weighted by Gasteiger charge is -2.19. The van der Waals surface area contributed by atoms with Crippen molar-refractivity contribution in [2.24, 2.45) is 11.5 Å². The van der Waals surface area contributed by atoms with Gasteiger partial charge in [0, 0.05) is 34.0 Å². The number of aromatic nitrogens is 1. The predicted octanol–water partition coefficient (Wildman–Crippen LogP) is 2.05. The number of hydrogen-bond donors (Lipinski definition) is 4. The first-order valence-electron chi connectivity index (χ1n) is 11.2. The van der Waals surface area contributed by atoms with Gasteiger partial charge >= 0.3 is 11.9 Å². The zero-order valence-corrected chi connectivity index (χ0v) is 19.7. The molecule has 0 saturated carbocycles. The molecule has 0 aliphatic heterocycles. The van der Waals surface area contributed by atoms with Crippen molar-refractivity contribution in [3.05, 3.63) is 81.1 Å². The molecule has 1 aromatic heterocycles.